The molecule has 7 nitrogen and oxygen atoms in total. The van der Waals surface area contributed by atoms with Crippen LogP contribution in [0, 0.1) is 0 Å². The fourth-order valence-electron chi connectivity index (χ4n) is 6.29. The van der Waals surface area contributed by atoms with Crippen LogP contribution in [-0.2, 0) is 6.42 Å². The van der Waals surface area contributed by atoms with Gasteiger partial charge in [-0.05, 0) is 36.5 Å². The lowest BCUT2D eigenvalue weighted by atomic mass is 9.50. The Labute approximate surface area is 266 Å². The molecule has 3 N–H and O–H groups in total. The van der Waals surface area contributed by atoms with Crippen molar-refractivity contribution in [2.24, 2.45) is 0 Å². The number of rotatable bonds is 16. The summed E-state index contributed by atoms with van der Waals surface area (Å²) in [6.45, 7) is 8.33. The molecule has 0 bridgehead atoms. The molecule has 2 aromatic carbocycles. The van der Waals surface area contributed by atoms with Gasteiger partial charge in [-0.25, -0.2) is 15.0 Å². The molecular formula is C36H46N6OS. The second-order valence-electron chi connectivity index (χ2n) is 11.5. The second-order valence-corrected chi connectivity index (χ2v) is 12.6. The monoisotopic (exact) mass is 610 g/mol. The Morgan fingerprint density at radius 3 is 1.89 bits per heavy atom. The van der Waals surface area contributed by atoms with E-state index in [-0.39, 0.29) is 30.3 Å². The molecule has 2 atom stereocenters. The number of anilines is 2. The van der Waals surface area contributed by atoms with Gasteiger partial charge in [-0.1, -0.05) is 87.9 Å². The number of thioether (sulfide) groups is 1. The summed E-state index contributed by atoms with van der Waals surface area (Å²) in [7, 11) is 0. The van der Waals surface area contributed by atoms with E-state index in [9.17, 15) is 5.11 Å². The SMILES string of the molecule is CCCCc1nc(SCCO)cc(C2[C@@H](c3ccccc3)C(c3cc(NCCC)nc(NCCC)n3)[C@@H]2c2ccccc2)n1. The Hall–Kier alpha value is -3.49. The third-order valence-corrected chi connectivity index (χ3v) is 9.19. The van der Waals surface area contributed by atoms with Crippen molar-refractivity contribution in [3.63, 3.8) is 0 Å². The molecule has 4 aromatic rings. The van der Waals surface area contributed by atoms with Gasteiger partial charge in [0.1, 0.15) is 16.7 Å². The van der Waals surface area contributed by atoms with Gasteiger partial charge in [0.15, 0.2) is 0 Å². The van der Waals surface area contributed by atoms with Gasteiger partial charge in [0.05, 0.1) is 12.3 Å². The lowest BCUT2D eigenvalue weighted by Gasteiger charge is -2.52. The molecule has 2 heterocycles. The fraction of sp³-hybridized carbons (Fsp3) is 0.444. The summed E-state index contributed by atoms with van der Waals surface area (Å²) in [4.78, 5) is 20.2. The molecule has 5 rings (SSSR count). The Morgan fingerprint density at radius 1 is 0.682 bits per heavy atom. The molecule has 1 fully saturated rings. The predicted octanol–water partition coefficient (Wildman–Crippen LogP) is 7.79. The van der Waals surface area contributed by atoms with Gasteiger partial charge in [0.2, 0.25) is 5.95 Å². The van der Waals surface area contributed by atoms with E-state index in [0.29, 0.717) is 11.7 Å². The average molecular weight is 611 g/mol. The lowest BCUT2D eigenvalue weighted by Crippen LogP contribution is -2.41. The highest BCUT2D eigenvalue weighted by Gasteiger charge is 2.54. The van der Waals surface area contributed by atoms with E-state index in [0.717, 1.165) is 73.2 Å². The van der Waals surface area contributed by atoms with E-state index in [1.54, 1.807) is 11.8 Å². The second kappa shape index (κ2) is 16.0. The number of aliphatic hydroxyl groups excluding tert-OH is 1. The van der Waals surface area contributed by atoms with Gasteiger partial charge in [0.25, 0.3) is 0 Å². The number of aromatic nitrogens is 4. The van der Waals surface area contributed by atoms with Crippen molar-refractivity contribution >= 4 is 23.5 Å². The number of nitrogens with zero attached hydrogens (tertiary/aromatic N) is 4. The van der Waals surface area contributed by atoms with Crippen LogP contribution in [0.2, 0.25) is 0 Å². The molecule has 1 aliphatic rings. The topological polar surface area (TPSA) is 95.9 Å². The zero-order valence-corrected chi connectivity index (χ0v) is 27.1. The molecule has 2 aromatic heterocycles. The van der Waals surface area contributed by atoms with Crippen LogP contribution in [0.4, 0.5) is 11.8 Å². The Bertz CT molecular complexity index is 1280. The van der Waals surface area contributed by atoms with E-state index in [4.69, 9.17) is 19.9 Å². The minimum atomic E-state index is 0.121. The molecule has 232 valence electrons. The molecule has 1 saturated carbocycles. The third-order valence-electron chi connectivity index (χ3n) is 8.30. The van der Waals surface area contributed by atoms with E-state index in [2.05, 4.69) is 104 Å². The first kappa shape index (κ1) is 31.9. The minimum Gasteiger partial charge on any atom is -0.396 e. The van der Waals surface area contributed by atoms with Crippen molar-refractivity contribution in [1.82, 2.24) is 19.9 Å². The van der Waals surface area contributed by atoms with Crippen LogP contribution in [0.3, 0.4) is 0 Å². The Kier molecular flexibility index (Phi) is 11.6. The van der Waals surface area contributed by atoms with Crippen LogP contribution in [0.15, 0.2) is 77.8 Å². The summed E-state index contributed by atoms with van der Waals surface area (Å²) < 4.78 is 0. The smallest absolute Gasteiger partial charge is 0.224 e. The fourth-order valence-corrected chi connectivity index (χ4v) is 6.97. The predicted molar refractivity (Wildman–Crippen MR) is 182 cm³/mol. The highest BCUT2D eigenvalue weighted by atomic mass is 32.2. The summed E-state index contributed by atoms with van der Waals surface area (Å²) in [6.07, 6.45) is 5.01. The van der Waals surface area contributed by atoms with E-state index in [1.165, 1.54) is 11.1 Å². The minimum absolute atomic E-state index is 0.121. The molecule has 0 unspecified atom stereocenters. The number of hydrogen-bond acceptors (Lipinski definition) is 8. The maximum atomic E-state index is 9.58. The number of benzene rings is 2. The van der Waals surface area contributed by atoms with Gasteiger partial charge < -0.3 is 15.7 Å². The van der Waals surface area contributed by atoms with Crippen LogP contribution < -0.4 is 10.6 Å². The van der Waals surface area contributed by atoms with Crippen LogP contribution in [0.25, 0.3) is 0 Å². The van der Waals surface area contributed by atoms with Crippen LogP contribution in [0.1, 0.15) is 98.5 Å². The third kappa shape index (κ3) is 7.59. The molecule has 0 amide bonds. The first-order valence-electron chi connectivity index (χ1n) is 16.2. The van der Waals surface area contributed by atoms with E-state index in [1.807, 2.05) is 0 Å². The van der Waals surface area contributed by atoms with Crippen molar-refractivity contribution < 1.29 is 5.11 Å². The zero-order chi connectivity index (χ0) is 30.7. The number of aliphatic hydroxyl groups is 1. The molecule has 0 radical (unpaired) electrons. The van der Waals surface area contributed by atoms with Gasteiger partial charge in [-0.2, -0.15) is 4.98 Å². The van der Waals surface area contributed by atoms with Crippen LogP contribution in [-0.4, -0.2) is 50.5 Å². The number of aryl methyl sites for hydroxylation is 1. The largest absolute Gasteiger partial charge is 0.396 e. The molecule has 0 spiro atoms. The van der Waals surface area contributed by atoms with Gasteiger partial charge in [-0.15, -0.1) is 11.8 Å². The first-order valence-corrected chi connectivity index (χ1v) is 17.2. The highest BCUT2D eigenvalue weighted by molar-refractivity contribution is 7.99. The van der Waals surface area contributed by atoms with Crippen molar-refractivity contribution in [3.8, 4) is 0 Å². The zero-order valence-electron chi connectivity index (χ0n) is 26.2. The normalized spacial score (nSPS) is 19.4. The molecule has 0 aliphatic heterocycles. The van der Waals surface area contributed by atoms with E-state index < -0.39 is 0 Å². The van der Waals surface area contributed by atoms with Gasteiger partial charge >= 0.3 is 0 Å². The molecular weight excluding hydrogens is 565 g/mol. The highest BCUT2D eigenvalue weighted by Crippen LogP contribution is 2.66. The number of unbranched alkanes of at least 4 members (excludes halogenated alkanes) is 1. The first-order chi connectivity index (χ1) is 21.7. The Balaban J connectivity index is 1.67. The maximum absolute atomic E-state index is 9.58. The summed E-state index contributed by atoms with van der Waals surface area (Å²) in [5, 5.41) is 17.5. The summed E-state index contributed by atoms with van der Waals surface area (Å²) in [5.41, 5.74) is 4.70. The molecule has 0 saturated heterocycles. The Morgan fingerprint density at radius 2 is 1.30 bits per heavy atom. The van der Waals surface area contributed by atoms with Crippen LogP contribution >= 0.6 is 11.8 Å². The van der Waals surface area contributed by atoms with Crippen molar-refractivity contribution in [1.29, 1.82) is 0 Å². The summed E-state index contributed by atoms with van der Waals surface area (Å²) >= 11 is 1.61. The van der Waals surface area contributed by atoms with Crippen LogP contribution in [0.5, 0.6) is 0 Å². The quantitative estimate of drug-likeness (QED) is 0.0874. The lowest BCUT2D eigenvalue weighted by molar-refractivity contribution is 0.219. The molecule has 8 heteroatoms. The summed E-state index contributed by atoms with van der Waals surface area (Å²) in [6, 6.07) is 26.0. The number of nitrogens with one attached hydrogen (secondary N) is 2. The van der Waals surface area contributed by atoms with Gasteiger partial charge in [-0.3, -0.25) is 0 Å². The average Bonchev–Trinajstić information content (AvgIpc) is 3.05. The maximum Gasteiger partial charge on any atom is 0.224 e. The van der Waals surface area contributed by atoms with Crippen molar-refractivity contribution in [3.05, 3.63) is 101 Å². The molecule has 44 heavy (non-hydrogen) atoms. The van der Waals surface area contributed by atoms with E-state index >= 15 is 0 Å². The van der Waals surface area contributed by atoms with Crippen molar-refractivity contribution in [2.45, 2.75) is 81.6 Å². The summed E-state index contributed by atoms with van der Waals surface area (Å²) in [5.74, 6) is 3.64. The number of hydrogen-bond donors (Lipinski definition) is 3. The van der Waals surface area contributed by atoms with Gasteiger partial charge in [0, 0.05) is 60.7 Å². The van der Waals surface area contributed by atoms with Crippen molar-refractivity contribution in [2.75, 3.05) is 36.1 Å². The molecule has 1 aliphatic carbocycles. The standard InChI is InChI=1S/C36H46N6OS/c1-4-7-18-29-39-28(24-31(41-29)44-22-21-43)35-32(25-14-10-8-11-15-25)34(33(35)26-16-12-9-13-17-26)27-23-30(37-19-5-2)42-36(40-27)38-20-6-3/h8-17,23-24,32-35,43H,4-7,18-22H2,1-3H3,(H2,37,38,40,42)/t32-,33-,34?,35?/m0/s1.